The van der Waals surface area contributed by atoms with Gasteiger partial charge in [0.1, 0.15) is 6.04 Å². The Kier molecular flexibility index (Phi) is 5.14. The highest BCUT2D eigenvalue weighted by molar-refractivity contribution is 7.14. The van der Waals surface area contributed by atoms with E-state index in [0.29, 0.717) is 10.7 Å². The summed E-state index contributed by atoms with van der Waals surface area (Å²) < 4.78 is 0. The summed E-state index contributed by atoms with van der Waals surface area (Å²) in [6, 6.07) is 14.5. The minimum absolute atomic E-state index is 0.282. The van der Waals surface area contributed by atoms with E-state index in [2.05, 4.69) is 20.6 Å². The molecule has 0 unspecified atom stereocenters. The van der Waals surface area contributed by atoms with Crippen molar-refractivity contribution in [3.8, 4) is 11.3 Å². The number of aryl methyl sites for hydroxylation is 1. The average molecular weight is 404 g/mol. The molecule has 0 aliphatic heterocycles. The SMILES string of the molecule is Cc1cccc(C(=O)N[C@@H](C)C(=O)Nc2nc(-c3c[nH]c4ccccc34)cs2)c1. The molecule has 146 valence electrons. The van der Waals surface area contributed by atoms with Crippen molar-refractivity contribution in [1.82, 2.24) is 15.3 Å². The number of fused-ring (bicyclic) bond motifs is 1. The van der Waals surface area contributed by atoms with Crippen molar-refractivity contribution in [3.05, 3.63) is 71.2 Å². The highest BCUT2D eigenvalue weighted by Crippen LogP contribution is 2.30. The molecule has 2 aromatic carbocycles. The normalized spacial score (nSPS) is 11.9. The Morgan fingerprint density at radius 1 is 1.14 bits per heavy atom. The Morgan fingerprint density at radius 2 is 1.97 bits per heavy atom. The van der Waals surface area contributed by atoms with Crippen molar-refractivity contribution in [1.29, 1.82) is 0 Å². The third-order valence-electron chi connectivity index (χ3n) is 4.62. The third-order valence-corrected chi connectivity index (χ3v) is 5.38. The molecule has 4 rings (SSSR count). The van der Waals surface area contributed by atoms with Gasteiger partial charge in [-0.25, -0.2) is 4.98 Å². The molecule has 0 aliphatic rings. The standard InChI is InChI=1S/C22H20N4O2S/c1-13-6-5-7-15(10-13)21(28)24-14(2)20(27)26-22-25-19(12-29-22)17-11-23-18-9-4-3-8-16(17)18/h3-12,14,23H,1-2H3,(H,24,28)(H,25,26,27)/t14-/m0/s1. The molecule has 0 spiro atoms. The zero-order valence-electron chi connectivity index (χ0n) is 16.0. The molecule has 29 heavy (non-hydrogen) atoms. The van der Waals surface area contributed by atoms with E-state index in [4.69, 9.17) is 0 Å². The summed E-state index contributed by atoms with van der Waals surface area (Å²) in [4.78, 5) is 32.6. The van der Waals surface area contributed by atoms with E-state index in [1.165, 1.54) is 11.3 Å². The lowest BCUT2D eigenvalue weighted by Crippen LogP contribution is -2.41. The summed E-state index contributed by atoms with van der Waals surface area (Å²) in [6.07, 6.45) is 1.91. The predicted octanol–water partition coefficient (Wildman–Crippen LogP) is 4.36. The van der Waals surface area contributed by atoms with Gasteiger partial charge >= 0.3 is 0 Å². The molecule has 0 bridgehead atoms. The molecule has 2 amide bonds. The van der Waals surface area contributed by atoms with Crippen molar-refractivity contribution in [2.75, 3.05) is 5.32 Å². The van der Waals surface area contributed by atoms with E-state index in [-0.39, 0.29) is 11.8 Å². The van der Waals surface area contributed by atoms with Gasteiger partial charge in [0.25, 0.3) is 5.91 Å². The summed E-state index contributed by atoms with van der Waals surface area (Å²) in [5.74, 6) is -0.596. The summed E-state index contributed by atoms with van der Waals surface area (Å²) in [5.41, 5.74) is 4.33. The van der Waals surface area contributed by atoms with Gasteiger partial charge in [-0.2, -0.15) is 0 Å². The maximum atomic E-state index is 12.5. The van der Waals surface area contributed by atoms with E-state index in [0.717, 1.165) is 27.7 Å². The minimum atomic E-state index is -0.691. The smallest absolute Gasteiger partial charge is 0.251 e. The minimum Gasteiger partial charge on any atom is -0.360 e. The number of anilines is 1. The third kappa shape index (κ3) is 4.05. The van der Waals surface area contributed by atoms with Crippen LogP contribution < -0.4 is 10.6 Å². The van der Waals surface area contributed by atoms with Gasteiger partial charge in [-0.3, -0.25) is 9.59 Å². The Balaban J connectivity index is 1.43. The first-order valence-corrected chi connectivity index (χ1v) is 10.1. The van der Waals surface area contributed by atoms with E-state index in [1.807, 2.05) is 54.9 Å². The number of hydrogen-bond acceptors (Lipinski definition) is 4. The number of carbonyl (C=O) groups excluding carboxylic acids is 2. The number of para-hydroxylation sites is 1. The average Bonchev–Trinajstić information content (AvgIpc) is 3.34. The zero-order chi connectivity index (χ0) is 20.4. The van der Waals surface area contributed by atoms with Gasteiger partial charge in [0.15, 0.2) is 5.13 Å². The van der Waals surface area contributed by atoms with Crippen LogP contribution in [0.25, 0.3) is 22.2 Å². The molecule has 7 heteroatoms. The lowest BCUT2D eigenvalue weighted by atomic mass is 10.1. The lowest BCUT2D eigenvalue weighted by Gasteiger charge is -2.13. The number of amides is 2. The van der Waals surface area contributed by atoms with E-state index >= 15 is 0 Å². The number of nitrogens with one attached hydrogen (secondary N) is 3. The Morgan fingerprint density at radius 3 is 2.79 bits per heavy atom. The number of benzene rings is 2. The fourth-order valence-corrected chi connectivity index (χ4v) is 3.80. The molecule has 4 aromatic rings. The van der Waals surface area contributed by atoms with Crippen molar-refractivity contribution < 1.29 is 9.59 Å². The highest BCUT2D eigenvalue weighted by atomic mass is 32.1. The Bertz CT molecular complexity index is 1190. The van der Waals surface area contributed by atoms with Crippen molar-refractivity contribution in [2.45, 2.75) is 19.9 Å². The van der Waals surface area contributed by atoms with Crippen LogP contribution in [0.5, 0.6) is 0 Å². The van der Waals surface area contributed by atoms with Crippen molar-refractivity contribution >= 4 is 39.2 Å². The van der Waals surface area contributed by atoms with Crippen molar-refractivity contribution in [2.24, 2.45) is 0 Å². The van der Waals surface area contributed by atoms with Gasteiger partial charge in [-0.1, -0.05) is 35.9 Å². The maximum absolute atomic E-state index is 12.5. The van der Waals surface area contributed by atoms with Crippen LogP contribution in [0.2, 0.25) is 0 Å². The number of aromatic nitrogens is 2. The molecule has 3 N–H and O–H groups in total. The molecule has 0 aliphatic carbocycles. The molecule has 1 atom stereocenters. The molecular weight excluding hydrogens is 384 g/mol. The summed E-state index contributed by atoms with van der Waals surface area (Å²) in [5, 5.41) is 8.98. The highest BCUT2D eigenvalue weighted by Gasteiger charge is 2.18. The number of carbonyl (C=O) groups is 2. The summed E-state index contributed by atoms with van der Waals surface area (Å²) >= 11 is 1.35. The molecule has 2 heterocycles. The van der Waals surface area contributed by atoms with Crippen LogP contribution in [-0.2, 0) is 4.79 Å². The molecule has 0 radical (unpaired) electrons. The Labute approximate surface area is 172 Å². The lowest BCUT2D eigenvalue weighted by molar-refractivity contribution is -0.117. The number of thiazole rings is 1. The second kappa shape index (κ2) is 7.89. The molecule has 0 fully saturated rings. The van der Waals surface area contributed by atoms with Crippen LogP contribution in [-0.4, -0.2) is 27.8 Å². The van der Waals surface area contributed by atoms with Gasteiger partial charge in [0.2, 0.25) is 5.91 Å². The fraction of sp³-hybridized carbons (Fsp3) is 0.136. The van der Waals surface area contributed by atoms with Crippen LogP contribution >= 0.6 is 11.3 Å². The molecular formula is C22H20N4O2S. The van der Waals surface area contributed by atoms with Crippen LogP contribution in [0.1, 0.15) is 22.8 Å². The maximum Gasteiger partial charge on any atom is 0.251 e. The second-order valence-corrected chi connectivity index (χ2v) is 7.70. The fourth-order valence-electron chi connectivity index (χ4n) is 3.08. The monoisotopic (exact) mass is 404 g/mol. The predicted molar refractivity (Wildman–Crippen MR) is 116 cm³/mol. The van der Waals surface area contributed by atoms with Gasteiger partial charge in [-0.15, -0.1) is 11.3 Å². The number of aromatic amines is 1. The first-order valence-electron chi connectivity index (χ1n) is 9.21. The van der Waals surface area contributed by atoms with Crippen LogP contribution in [0.3, 0.4) is 0 Å². The van der Waals surface area contributed by atoms with E-state index in [9.17, 15) is 9.59 Å². The first-order chi connectivity index (χ1) is 14.0. The molecule has 6 nitrogen and oxygen atoms in total. The van der Waals surface area contributed by atoms with Gasteiger partial charge in [0, 0.05) is 33.6 Å². The van der Waals surface area contributed by atoms with E-state index < -0.39 is 6.04 Å². The molecule has 0 saturated heterocycles. The van der Waals surface area contributed by atoms with Crippen LogP contribution in [0.4, 0.5) is 5.13 Å². The number of hydrogen-bond donors (Lipinski definition) is 3. The second-order valence-electron chi connectivity index (χ2n) is 6.84. The molecule has 2 aromatic heterocycles. The quantitative estimate of drug-likeness (QED) is 0.462. The van der Waals surface area contributed by atoms with Gasteiger partial charge < -0.3 is 15.6 Å². The number of nitrogens with zero attached hydrogens (tertiary/aromatic N) is 1. The molecule has 0 saturated carbocycles. The zero-order valence-corrected chi connectivity index (χ0v) is 16.8. The number of rotatable bonds is 5. The summed E-state index contributed by atoms with van der Waals surface area (Å²) in [6.45, 7) is 3.57. The number of H-pyrrole nitrogens is 1. The topological polar surface area (TPSA) is 86.9 Å². The largest absolute Gasteiger partial charge is 0.360 e. The Hall–Kier alpha value is -3.45. The van der Waals surface area contributed by atoms with Crippen LogP contribution in [0, 0.1) is 6.92 Å². The summed E-state index contributed by atoms with van der Waals surface area (Å²) in [7, 11) is 0. The first kappa shape index (κ1) is 18.9. The van der Waals surface area contributed by atoms with Crippen LogP contribution in [0.15, 0.2) is 60.1 Å². The van der Waals surface area contributed by atoms with E-state index in [1.54, 1.807) is 19.1 Å². The van der Waals surface area contributed by atoms with Gasteiger partial charge in [0.05, 0.1) is 5.69 Å². The van der Waals surface area contributed by atoms with Gasteiger partial charge in [-0.05, 0) is 32.0 Å². The van der Waals surface area contributed by atoms with Crippen molar-refractivity contribution in [3.63, 3.8) is 0 Å².